The van der Waals surface area contributed by atoms with Crippen molar-refractivity contribution in [3.8, 4) is 6.07 Å². The lowest BCUT2D eigenvalue weighted by molar-refractivity contribution is 0.0952. The van der Waals surface area contributed by atoms with Gasteiger partial charge in [0.2, 0.25) is 0 Å². The molecule has 0 aliphatic heterocycles. The fraction of sp³-hybridized carbons (Fsp3) is 0.350. The van der Waals surface area contributed by atoms with E-state index in [0.29, 0.717) is 35.3 Å². The summed E-state index contributed by atoms with van der Waals surface area (Å²) in [6, 6.07) is 8.66. The second-order valence-corrected chi connectivity index (χ2v) is 7.66. The highest BCUT2D eigenvalue weighted by Crippen LogP contribution is 2.23. The molecule has 3 aromatic rings. The molecule has 2 heterocycles. The van der Waals surface area contributed by atoms with Crippen LogP contribution in [0.25, 0.3) is 11.0 Å². The first-order valence-corrected chi connectivity index (χ1v) is 10.5. The van der Waals surface area contributed by atoms with Crippen molar-refractivity contribution >= 4 is 34.5 Å². The number of nitrogens with zero attached hydrogens (tertiary/aromatic N) is 5. The van der Waals surface area contributed by atoms with Gasteiger partial charge in [-0.1, -0.05) is 31.7 Å². The molecular formula is C20H23N7OS. The van der Waals surface area contributed by atoms with E-state index in [4.69, 9.17) is 5.26 Å². The highest BCUT2D eigenvalue weighted by atomic mass is 32.2. The summed E-state index contributed by atoms with van der Waals surface area (Å²) in [4.78, 5) is 21.5. The van der Waals surface area contributed by atoms with Gasteiger partial charge in [-0.05, 0) is 30.4 Å². The molecule has 2 aromatic heterocycles. The number of hydrogen-bond acceptors (Lipinski definition) is 7. The van der Waals surface area contributed by atoms with Crippen molar-refractivity contribution in [3.63, 3.8) is 0 Å². The molecule has 1 aromatic carbocycles. The van der Waals surface area contributed by atoms with Crippen LogP contribution in [-0.2, 0) is 6.54 Å². The van der Waals surface area contributed by atoms with E-state index in [9.17, 15) is 4.79 Å². The zero-order valence-electron chi connectivity index (χ0n) is 16.6. The van der Waals surface area contributed by atoms with Crippen molar-refractivity contribution in [3.05, 3.63) is 41.6 Å². The van der Waals surface area contributed by atoms with Gasteiger partial charge in [0.1, 0.15) is 5.82 Å². The van der Waals surface area contributed by atoms with E-state index >= 15 is 0 Å². The van der Waals surface area contributed by atoms with E-state index in [2.05, 4.69) is 39.5 Å². The van der Waals surface area contributed by atoms with Crippen LogP contribution < -0.4 is 10.6 Å². The molecule has 0 saturated carbocycles. The van der Waals surface area contributed by atoms with E-state index in [1.54, 1.807) is 35.1 Å². The van der Waals surface area contributed by atoms with Crippen molar-refractivity contribution in [2.24, 2.45) is 5.92 Å². The minimum Gasteiger partial charge on any atom is -0.369 e. The highest BCUT2D eigenvalue weighted by molar-refractivity contribution is 7.98. The van der Waals surface area contributed by atoms with Crippen LogP contribution in [-0.4, -0.2) is 45.0 Å². The predicted octanol–water partition coefficient (Wildman–Crippen LogP) is 2.92. The predicted molar refractivity (Wildman–Crippen MR) is 114 cm³/mol. The Morgan fingerprint density at radius 3 is 2.90 bits per heavy atom. The van der Waals surface area contributed by atoms with Crippen molar-refractivity contribution in [2.75, 3.05) is 24.7 Å². The largest absolute Gasteiger partial charge is 0.369 e. The van der Waals surface area contributed by atoms with Gasteiger partial charge < -0.3 is 10.6 Å². The van der Waals surface area contributed by atoms with Gasteiger partial charge in [-0.25, -0.2) is 14.6 Å². The fourth-order valence-electron chi connectivity index (χ4n) is 2.73. The summed E-state index contributed by atoms with van der Waals surface area (Å²) in [5.41, 5.74) is 1.65. The minimum absolute atomic E-state index is 0.225. The average Bonchev–Trinajstić information content (AvgIpc) is 3.14. The van der Waals surface area contributed by atoms with E-state index in [0.717, 1.165) is 23.4 Å². The van der Waals surface area contributed by atoms with Gasteiger partial charge in [-0.3, -0.25) is 4.79 Å². The molecule has 0 unspecified atom stereocenters. The quantitative estimate of drug-likeness (QED) is 0.435. The Hall–Kier alpha value is -3.12. The topological polar surface area (TPSA) is 109 Å². The zero-order chi connectivity index (χ0) is 20.8. The molecule has 0 fully saturated rings. The van der Waals surface area contributed by atoms with Gasteiger partial charge in [0.25, 0.3) is 5.91 Å². The molecule has 0 atom stereocenters. The summed E-state index contributed by atoms with van der Waals surface area (Å²) in [5, 5.41) is 21.2. The smallest absolute Gasteiger partial charge is 0.251 e. The van der Waals surface area contributed by atoms with Crippen LogP contribution in [0.3, 0.4) is 0 Å². The second-order valence-electron chi connectivity index (χ2n) is 6.89. The summed E-state index contributed by atoms with van der Waals surface area (Å²) >= 11 is 1.47. The Labute approximate surface area is 173 Å². The van der Waals surface area contributed by atoms with Crippen LogP contribution in [0.1, 0.15) is 29.8 Å². The lowest BCUT2D eigenvalue weighted by atomic mass is 10.1. The Morgan fingerprint density at radius 1 is 1.34 bits per heavy atom. The second kappa shape index (κ2) is 9.39. The van der Waals surface area contributed by atoms with Gasteiger partial charge in [-0.15, -0.1) is 0 Å². The molecule has 150 valence electrons. The molecule has 0 spiro atoms. The van der Waals surface area contributed by atoms with Crippen molar-refractivity contribution in [1.29, 1.82) is 5.26 Å². The third kappa shape index (κ3) is 5.03. The lowest BCUT2D eigenvalue weighted by Crippen LogP contribution is -2.27. The molecule has 0 aliphatic carbocycles. The normalized spacial score (nSPS) is 10.9. The first kappa shape index (κ1) is 20.6. The van der Waals surface area contributed by atoms with E-state index in [1.165, 1.54) is 11.8 Å². The SMILES string of the molecule is CSc1nc(NCC(C)C)c2cnn(CCNC(=O)c3cccc(C#N)c3)c2n1. The summed E-state index contributed by atoms with van der Waals surface area (Å²) in [7, 11) is 0. The van der Waals surface area contributed by atoms with Gasteiger partial charge in [-0.2, -0.15) is 10.4 Å². The number of fused-ring (bicyclic) bond motifs is 1. The average molecular weight is 410 g/mol. The number of carbonyl (C=O) groups is 1. The molecule has 1 amide bonds. The standard InChI is InChI=1S/C20H23N7OS/c1-13(2)11-23-17-16-12-24-27(18(16)26-20(25-17)29-3)8-7-22-19(28)15-6-4-5-14(9-15)10-21/h4-6,9,12-13H,7-8,11H2,1-3H3,(H,22,28)(H,23,25,26). The molecule has 0 saturated heterocycles. The van der Waals surface area contributed by atoms with Crippen molar-refractivity contribution in [2.45, 2.75) is 25.5 Å². The maximum Gasteiger partial charge on any atom is 0.251 e. The van der Waals surface area contributed by atoms with Crippen molar-refractivity contribution < 1.29 is 4.79 Å². The summed E-state index contributed by atoms with van der Waals surface area (Å²) < 4.78 is 1.77. The molecule has 0 bridgehead atoms. The fourth-order valence-corrected chi connectivity index (χ4v) is 3.09. The molecule has 2 N–H and O–H groups in total. The third-order valence-electron chi connectivity index (χ3n) is 4.20. The maximum atomic E-state index is 12.3. The van der Waals surface area contributed by atoms with Gasteiger partial charge in [0.05, 0.1) is 29.8 Å². The Balaban J connectivity index is 1.72. The first-order valence-electron chi connectivity index (χ1n) is 9.31. The van der Waals surface area contributed by atoms with Gasteiger partial charge in [0, 0.05) is 18.7 Å². The van der Waals surface area contributed by atoms with Crippen LogP contribution in [0.4, 0.5) is 5.82 Å². The number of thioether (sulfide) groups is 1. The third-order valence-corrected chi connectivity index (χ3v) is 4.75. The van der Waals surface area contributed by atoms with E-state index in [-0.39, 0.29) is 5.91 Å². The number of nitrogens with one attached hydrogen (secondary N) is 2. The molecule has 0 aliphatic rings. The molecule has 9 heteroatoms. The van der Waals surface area contributed by atoms with Crippen LogP contribution >= 0.6 is 11.8 Å². The van der Waals surface area contributed by atoms with Crippen LogP contribution in [0.15, 0.2) is 35.6 Å². The molecule has 3 rings (SSSR count). The van der Waals surface area contributed by atoms with Crippen LogP contribution in [0.2, 0.25) is 0 Å². The van der Waals surface area contributed by atoms with Crippen molar-refractivity contribution in [1.82, 2.24) is 25.1 Å². The number of hydrogen-bond donors (Lipinski definition) is 2. The molecule has 29 heavy (non-hydrogen) atoms. The maximum absolute atomic E-state index is 12.3. The summed E-state index contributed by atoms with van der Waals surface area (Å²) in [5.74, 6) is 1.04. The van der Waals surface area contributed by atoms with Gasteiger partial charge >= 0.3 is 0 Å². The first-order chi connectivity index (χ1) is 14.0. The van der Waals surface area contributed by atoms with E-state index < -0.39 is 0 Å². The number of anilines is 1. The number of nitriles is 1. The molecule has 8 nitrogen and oxygen atoms in total. The highest BCUT2D eigenvalue weighted by Gasteiger charge is 2.13. The van der Waals surface area contributed by atoms with Gasteiger partial charge in [0.15, 0.2) is 10.8 Å². The zero-order valence-corrected chi connectivity index (χ0v) is 17.5. The number of carbonyl (C=O) groups excluding carboxylic acids is 1. The molecular weight excluding hydrogens is 386 g/mol. The monoisotopic (exact) mass is 409 g/mol. The van der Waals surface area contributed by atoms with Crippen LogP contribution in [0.5, 0.6) is 0 Å². The minimum atomic E-state index is -0.225. The molecule has 0 radical (unpaired) electrons. The number of aromatic nitrogens is 4. The Kier molecular flexibility index (Phi) is 6.67. The lowest BCUT2D eigenvalue weighted by Gasteiger charge is -2.11. The van der Waals surface area contributed by atoms with Crippen LogP contribution in [0, 0.1) is 17.2 Å². The number of benzene rings is 1. The summed E-state index contributed by atoms with van der Waals surface area (Å²) in [6.45, 7) is 5.95. The number of rotatable bonds is 8. The Bertz CT molecular complexity index is 1050. The van der Waals surface area contributed by atoms with E-state index in [1.807, 2.05) is 12.3 Å². The number of amides is 1. The Morgan fingerprint density at radius 2 is 2.17 bits per heavy atom. The summed E-state index contributed by atoms with van der Waals surface area (Å²) in [6.07, 6.45) is 3.68.